The van der Waals surface area contributed by atoms with Crippen LogP contribution in [0.25, 0.3) is 0 Å². The Hall–Kier alpha value is -3.56. The van der Waals surface area contributed by atoms with Gasteiger partial charge in [0.05, 0.1) is 21.8 Å². The van der Waals surface area contributed by atoms with Crippen LogP contribution in [0.5, 0.6) is 5.75 Å². The van der Waals surface area contributed by atoms with Crippen molar-refractivity contribution in [3.8, 4) is 5.75 Å². The van der Waals surface area contributed by atoms with Crippen LogP contribution >= 0.6 is 23.2 Å². The van der Waals surface area contributed by atoms with Gasteiger partial charge in [-0.1, -0.05) is 123 Å². The van der Waals surface area contributed by atoms with Crippen LogP contribution < -0.4 is 14.5 Å². The Balaban J connectivity index is 1.36. The van der Waals surface area contributed by atoms with E-state index in [0.717, 1.165) is 61.2 Å². The van der Waals surface area contributed by atoms with Gasteiger partial charge in [-0.3, -0.25) is 9.35 Å². The third-order valence-electron chi connectivity index (χ3n) is 11.3. The quantitative estimate of drug-likeness (QED) is 0.0477. The van der Waals surface area contributed by atoms with E-state index in [9.17, 15) is 17.8 Å². The van der Waals surface area contributed by atoms with Crippen LogP contribution in [-0.2, 0) is 25.7 Å². The zero-order valence-electron chi connectivity index (χ0n) is 34.0. The van der Waals surface area contributed by atoms with Crippen LogP contribution in [0.4, 0.5) is 11.4 Å². The Morgan fingerprint density at radius 2 is 1.48 bits per heavy atom. The third-order valence-corrected chi connectivity index (χ3v) is 12.7. The molecule has 0 saturated carbocycles. The molecule has 2 heterocycles. The summed E-state index contributed by atoms with van der Waals surface area (Å²) in [6.45, 7) is 16.7. The van der Waals surface area contributed by atoms with Crippen molar-refractivity contribution < 1.29 is 22.5 Å². The molecule has 0 amide bonds. The van der Waals surface area contributed by atoms with Gasteiger partial charge in [0.2, 0.25) is 0 Å². The lowest BCUT2D eigenvalue weighted by atomic mass is 9.76. The monoisotopic (exact) mass is 820 g/mol. The van der Waals surface area contributed by atoms with Crippen LogP contribution in [-0.4, -0.2) is 43.8 Å². The maximum Gasteiger partial charge on any atom is 0.311 e. The van der Waals surface area contributed by atoms with E-state index in [0.29, 0.717) is 23.0 Å². The molecule has 0 aliphatic carbocycles. The summed E-state index contributed by atoms with van der Waals surface area (Å²) < 4.78 is 38.5. The van der Waals surface area contributed by atoms with Crippen molar-refractivity contribution in [1.82, 2.24) is 0 Å². The SMILES string of the molecule is CCCCN1c2ccc(C)cc2C(C)(C)C1/C=C/C=C/C=C1\N(CCCS(=O)(=O)O)c2ccc(C)cc2C1(C)CCCCCC(=O)Oc1c(Cl)cc(C)cc1Cl. The number of hydrogen-bond donors (Lipinski definition) is 1. The number of ether oxygens (including phenoxy) is 1. The van der Waals surface area contributed by atoms with Crippen LogP contribution in [0.15, 0.2) is 84.6 Å². The van der Waals surface area contributed by atoms with E-state index < -0.39 is 10.1 Å². The van der Waals surface area contributed by atoms with Crippen molar-refractivity contribution in [1.29, 1.82) is 0 Å². The predicted molar refractivity (Wildman–Crippen MR) is 233 cm³/mol. The minimum atomic E-state index is -4.10. The number of aryl methyl sites for hydroxylation is 3. The van der Waals surface area contributed by atoms with Crippen LogP contribution in [0, 0.1) is 20.8 Å². The Morgan fingerprint density at radius 3 is 2.14 bits per heavy atom. The first kappa shape index (κ1) is 43.6. The summed E-state index contributed by atoms with van der Waals surface area (Å²) >= 11 is 12.6. The van der Waals surface area contributed by atoms with Gasteiger partial charge in [-0.05, 0) is 100 Å². The normalized spacial score (nSPS) is 19.8. The number of hydrogen-bond acceptors (Lipinski definition) is 6. The number of rotatable bonds is 17. The average Bonchev–Trinajstić information content (AvgIpc) is 3.46. The summed E-state index contributed by atoms with van der Waals surface area (Å²) in [6.07, 6.45) is 16.7. The molecular formula is C46H58Cl2N2O5S. The molecule has 5 rings (SSSR count). The first-order valence-electron chi connectivity index (χ1n) is 19.9. The predicted octanol–water partition coefficient (Wildman–Crippen LogP) is 11.8. The first-order valence-corrected chi connectivity index (χ1v) is 22.3. The fourth-order valence-corrected chi connectivity index (χ4v) is 9.54. The van der Waals surface area contributed by atoms with Gasteiger partial charge in [0.1, 0.15) is 0 Å². The highest BCUT2D eigenvalue weighted by molar-refractivity contribution is 7.85. The Morgan fingerprint density at radius 1 is 0.821 bits per heavy atom. The number of halogens is 2. The Labute approximate surface area is 345 Å². The summed E-state index contributed by atoms with van der Waals surface area (Å²) in [4.78, 5) is 17.5. The van der Waals surface area contributed by atoms with Gasteiger partial charge >= 0.3 is 5.97 Å². The number of nitrogens with zero attached hydrogens (tertiary/aromatic N) is 2. The van der Waals surface area contributed by atoms with E-state index >= 15 is 0 Å². The van der Waals surface area contributed by atoms with Crippen molar-refractivity contribution in [2.75, 3.05) is 28.6 Å². The maximum atomic E-state index is 12.7. The van der Waals surface area contributed by atoms with E-state index in [-0.39, 0.29) is 47.2 Å². The van der Waals surface area contributed by atoms with Crippen LogP contribution in [0.3, 0.4) is 0 Å². The fraction of sp³-hybridized carbons (Fsp3) is 0.457. The van der Waals surface area contributed by atoms with E-state index in [4.69, 9.17) is 27.9 Å². The zero-order chi connectivity index (χ0) is 40.8. The van der Waals surface area contributed by atoms with Gasteiger partial charge < -0.3 is 14.5 Å². The molecule has 2 atom stereocenters. The van der Waals surface area contributed by atoms with E-state index in [1.807, 2.05) is 6.92 Å². The lowest BCUT2D eigenvalue weighted by Crippen LogP contribution is -2.40. The minimum absolute atomic E-state index is 0.0528. The molecule has 0 bridgehead atoms. The smallest absolute Gasteiger partial charge is 0.311 e. The average molecular weight is 822 g/mol. The molecule has 0 aromatic heterocycles. The van der Waals surface area contributed by atoms with Crippen molar-refractivity contribution >= 4 is 50.7 Å². The number of fused-ring (bicyclic) bond motifs is 2. The molecule has 0 saturated heterocycles. The second kappa shape index (κ2) is 18.4. The van der Waals surface area contributed by atoms with E-state index in [1.165, 1.54) is 22.4 Å². The van der Waals surface area contributed by atoms with Crippen LogP contribution in [0.2, 0.25) is 10.0 Å². The number of carbonyl (C=O) groups is 1. The second-order valence-corrected chi connectivity index (χ2v) is 18.7. The molecule has 302 valence electrons. The molecule has 2 aliphatic heterocycles. The summed E-state index contributed by atoms with van der Waals surface area (Å²) in [6, 6.07) is 16.9. The van der Waals surface area contributed by atoms with E-state index in [1.54, 1.807) is 12.1 Å². The molecule has 3 aromatic rings. The lowest BCUT2D eigenvalue weighted by Gasteiger charge is -2.32. The van der Waals surface area contributed by atoms with Crippen molar-refractivity contribution in [2.45, 2.75) is 117 Å². The standard InChI is InChI=1S/C46H58Cl2N2O5S/c1-8-9-25-49-39-22-20-32(2)28-35(39)45(5,6)41(49)17-12-10-13-18-42-46(7,36-29-33(3)21-23-40(36)50(42)26-16-27-56(52,53)54)24-15-11-14-19-43(51)55-44-37(47)30-34(4)31-38(44)48/h10,12-13,17-18,20-23,28-31,41H,8-9,11,14-16,19,24-27H2,1-7H3,(H,52,53,54)/b13-10+,17-12+,42-18-. The summed E-state index contributed by atoms with van der Waals surface area (Å²) in [5.41, 5.74) is 8.91. The summed E-state index contributed by atoms with van der Waals surface area (Å²) in [5.74, 6) is -0.485. The maximum absolute atomic E-state index is 12.7. The molecule has 0 fully saturated rings. The molecular weight excluding hydrogens is 763 g/mol. The largest absolute Gasteiger partial charge is 0.423 e. The molecule has 2 unspecified atom stereocenters. The van der Waals surface area contributed by atoms with Gasteiger partial charge in [-0.25, -0.2) is 0 Å². The van der Waals surface area contributed by atoms with Crippen molar-refractivity contribution in [2.24, 2.45) is 0 Å². The molecule has 56 heavy (non-hydrogen) atoms. The molecule has 3 aromatic carbocycles. The molecule has 0 spiro atoms. The van der Waals surface area contributed by atoms with Crippen LogP contribution in [0.1, 0.15) is 107 Å². The first-order chi connectivity index (χ1) is 26.5. The highest BCUT2D eigenvalue weighted by atomic mass is 35.5. The highest BCUT2D eigenvalue weighted by Gasteiger charge is 2.44. The highest BCUT2D eigenvalue weighted by Crippen LogP contribution is 2.51. The number of carbonyl (C=O) groups excluding carboxylic acids is 1. The van der Waals surface area contributed by atoms with Gasteiger partial charge in [0.15, 0.2) is 5.75 Å². The molecule has 7 nitrogen and oxygen atoms in total. The molecule has 10 heteroatoms. The third kappa shape index (κ3) is 10.1. The number of anilines is 2. The Kier molecular flexibility index (Phi) is 14.3. The van der Waals surface area contributed by atoms with E-state index in [2.05, 4.69) is 118 Å². The van der Waals surface area contributed by atoms with Crippen molar-refractivity contribution in [3.63, 3.8) is 0 Å². The van der Waals surface area contributed by atoms with Crippen molar-refractivity contribution in [3.05, 3.63) is 122 Å². The molecule has 2 aliphatic rings. The Bertz CT molecular complexity index is 2080. The van der Waals surface area contributed by atoms with Gasteiger partial charge in [0.25, 0.3) is 10.1 Å². The minimum Gasteiger partial charge on any atom is -0.423 e. The number of esters is 1. The number of benzene rings is 3. The number of unbranched alkanes of at least 4 members (excludes halogenated alkanes) is 3. The molecule has 1 N–H and O–H groups in total. The van der Waals surface area contributed by atoms with Gasteiger partial charge in [-0.2, -0.15) is 8.42 Å². The second-order valence-electron chi connectivity index (χ2n) is 16.3. The van der Waals surface area contributed by atoms with Gasteiger partial charge in [-0.15, -0.1) is 0 Å². The summed E-state index contributed by atoms with van der Waals surface area (Å²) in [5, 5.41) is 0.627. The lowest BCUT2D eigenvalue weighted by molar-refractivity contribution is -0.134. The van der Waals surface area contributed by atoms with Gasteiger partial charge in [0, 0.05) is 47.4 Å². The summed E-state index contributed by atoms with van der Waals surface area (Å²) in [7, 11) is -4.10. The fourth-order valence-electron chi connectivity index (χ4n) is 8.38. The number of allylic oxidation sites excluding steroid dienone is 5. The topological polar surface area (TPSA) is 87.2 Å². The molecule has 0 radical (unpaired) electrons. The zero-order valence-corrected chi connectivity index (χ0v) is 36.3.